The van der Waals surface area contributed by atoms with Crippen molar-refractivity contribution in [2.45, 2.75) is 59.9 Å². The van der Waals surface area contributed by atoms with Crippen LogP contribution in [0.2, 0.25) is 0 Å². The Balaban J connectivity index is 2.14. The van der Waals surface area contributed by atoms with E-state index in [0.29, 0.717) is 16.9 Å². The van der Waals surface area contributed by atoms with Gasteiger partial charge in [0.05, 0.1) is 12.9 Å². The molecule has 1 saturated carbocycles. The van der Waals surface area contributed by atoms with Crippen molar-refractivity contribution in [3.8, 4) is 0 Å². The predicted molar refractivity (Wildman–Crippen MR) is 76.4 cm³/mol. The predicted octanol–water partition coefficient (Wildman–Crippen LogP) is 3.73. The molecule has 1 fully saturated rings. The molecule has 1 N–H and O–H groups in total. The molecule has 1 aliphatic carbocycles. The van der Waals surface area contributed by atoms with Gasteiger partial charge < -0.3 is 10.1 Å². The fourth-order valence-electron chi connectivity index (χ4n) is 3.66. The van der Waals surface area contributed by atoms with E-state index in [9.17, 15) is 0 Å². The van der Waals surface area contributed by atoms with Gasteiger partial charge in [-0.1, -0.05) is 34.6 Å². The number of rotatable bonds is 5. The van der Waals surface area contributed by atoms with Gasteiger partial charge in [-0.05, 0) is 48.1 Å². The molecule has 0 aromatic rings. The molecule has 0 amide bonds. The fraction of sp³-hybridized carbons (Fsp3) is 0.875. The molecule has 1 atom stereocenters. The van der Waals surface area contributed by atoms with E-state index in [1.165, 1.54) is 24.8 Å². The van der Waals surface area contributed by atoms with Crippen molar-refractivity contribution in [2.24, 2.45) is 16.7 Å². The molecule has 1 heterocycles. The van der Waals surface area contributed by atoms with Crippen LogP contribution >= 0.6 is 0 Å². The highest BCUT2D eigenvalue weighted by Crippen LogP contribution is 2.70. The van der Waals surface area contributed by atoms with Crippen molar-refractivity contribution < 1.29 is 4.74 Å². The lowest BCUT2D eigenvalue weighted by Gasteiger charge is -2.26. The molecule has 2 nitrogen and oxygen atoms in total. The number of hydrogen-bond acceptors (Lipinski definition) is 2. The van der Waals surface area contributed by atoms with E-state index < -0.39 is 0 Å². The van der Waals surface area contributed by atoms with Crippen molar-refractivity contribution in [1.82, 2.24) is 5.32 Å². The lowest BCUT2D eigenvalue weighted by atomic mass is 9.93. The summed E-state index contributed by atoms with van der Waals surface area (Å²) in [6.07, 6.45) is 5.59. The molecule has 2 aliphatic rings. The van der Waals surface area contributed by atoms with Crippen molar-refractivity contribution in [3.63, 3.8) is 0 Å². The van der Waals surface area contributed by atoms with Gasteiger partial charge >= 0.3 is 0 Å². The van der Waals surface area contributed by atoms with E-state index in [0.717, 1.165) is 19.1 Å². The van der Waals surface area contributed by atoms with Gasteiger partial charge in [-0.3, -0.25) is 0 Å². The third kappa shape index (κ3) is 2.20. The van der Waals surface area contributed by atoms with E-state index in [4.69, 9.17) is 4.74 Å². The maximum atomic E-state index is 5.56. The Morgan fingerprint density at radius 1 is 1.33 bits per heavy atom. The van der Waals surface area contributed by atoms with Gasteiger partial charge in [0, 0.05) is 6.04 Å². The molecular weight excluding hydrogens is 222 g/mol. The maximum Gasteiger partial charge on any atom is 0.0876 e. The average Bonchev–Trinajstić information content (AvgIpc) is 2.74. The van der Waals surface area contributed by atoms with E-state index >= 15 is 0 Å². The summed E-state index contributed by atoms with van der Waals surface area (Å²) < 4.78 is 5.56. The molecule has 0 saturated heterocycles. The second-order valence-electron chi connectivity index (χ2n) is 7.02. The first-order valence-electron chi connectivity index (χ1n) is 7.47. The van der Waals surface area contributed by atoms with Gasteiger partial charge in [-0.25, -0.2) is 0 Å². The minimum absolute atomic E-state index is 0.427. The van der Waals surface area contributed by atoms with Crippen LogP contribution in [0.1, 0.15) is 53.9 Å². The summed E-state index contributed by atoms with van der Waals surface area (Å²) in [7, 11) is 0. The van der Waals surface area contributed by atoms with E-state index in [1.807, 2.05) is 6.26 Å². The van der Waals surface area contributed by atoms with E-state index in [-0.39, 0.29) is 0 Å². The Bertz CT molecular complexity index is 316. The monoisotopic (exact) mass is 251 g/mol. The van der Waals surface area contributed by atoms with Crippen LogP contribution in [0, 0.1) is 16.7 Å². The standard InChI is InChI=1S/C16H29NO/c1-6-9-17-13(12-8-7-10-18-11-12)14-15(2,3)16(14,4)5/h11,13-14,17H,6-10H2,1-5H3. The van der Waals surface area contributed by atoms with Crippen LogP contribution in [0.25, 0.3) is 0 Å². The van der Waals surface area contributed by atoms with Crippen LogP contribution in [0.3, 0.4) is 0 Å². The molecule has 104 valence electrons. The molecule has 1 aliphatic heterocycles. The maximum absolute atomic E-state index is 5.56. The number of nitrogens with one attached hydrogen (secondary N) is 1. The van der Waals surface area contributed by atoms with Crippen molar-refractivity contribution in [3.05, 3.63) is 11.8 Å². The molecule has 0 spiro atoms. The normalized spacial score (nSPS) is 27.3. The van der Waals surface area contributed by atoms with Gasteiger partial charge in [0.25, 0.3) is 0 Å². The minimum atomic E-state index is 0.427. The average molecular weight is 251 g/mol. The molecule has 0 radical (unpaired) electrons. The van der Waals surface area contributed by atoms with Crippen LogP contribution in [-0.2, 0) is 4.74 Å². The topological polar surface area (TPSA) is 21.3 Å². The SMILES string of the molecule is CCCNC(C1=COCCC1)C1C(C)(C)C1(C)C. The smallest absolute Gasteiger partial charge is 0.0876 e. The molecule has 18 heavy (non-hydrogen) atoms. The first kappa shape index (κ1) is 13.9. The zero-order valence-corrected chi connectivity index (χ0v) is 12.7. The summed E-state index contributed by atoms with van der Waals surface area (Å²) in [5.41, 5.74) is 2.34. The summed E-state index contributed by atoms with van der Waals surface area (Å²) >= 11 is 0. The summed E-state index contributed by atoms with van der Waals surface area (Å²) in [5, 5.41) is 3.76. The van der Waals surface area contributed by atoms with E-state index in [2.05, 4.69) is 39.9 Å². The van der Waals surface area contributed by atoms with Gasteiger partial charge in [0.2, 0.25) is 0 Å². The highest BCUT2D eigenvalue weighted by Gasteiger charge is 2.67. The van der Waals surface area contributed by atoms with Gasteiger partial charge in [-0.2, -0.15) is 0 Å². The second kappa shape index (κ2) is 4.88. The highest BCUT2D eigenvalue weighted by molar-refractivity contribution is 5.25. The summed E-state index contributed by atoms with van der Waals surface area (Å²) in [4.78, 5) is 0. The summed E-state index contributed by atoms with van der Waals surface area (Å²) in [5.74, 6) is 0.726. The lowest BCUT2D eigenvalue weighted by Crippen LogP contribution is -2.36. The van der Waals surface area contributed by atoms with Gasteiger partial charge in [0.15, 0.2) is 0 Å². The van der Waals surface area contributed by atoms with E-state index in [1.54, 1.807) is 0 Å². The van der Waals surface area contributed by atoms with Gasteiger partial charge in [0.1, 0.15) is 0 Å². The Morgan fingerprint density at radius 3 is 2.44 bits per heavy atom. The molecule has 2 rings (SSSR count). The Hall–Kier alpha value is -0.500. The number of ether oxygens (including phenoxy) is 1. The van der Waals surface area contributed by atoms with Crippen LogP contribution in [0.15, 0.2) is 11.8 Å². The Labute approximate surface area is 112 Å². The molecule has 2 heteroatoms. The van der Waals surface area contributed by atoms with Gasteiger partial charge in [-0.15, -0.1) is 0 Å². The molecule has 1 unspecified atom stereocenters. The molecule has 0 aromatic carbocycles. The van der Waals surface area contributed by atoms with Crippen LogP contribution in [-0.4, -0.2) is 19.2 Å². The lowest BCUT2D eigenvalue weighted by molar-refractivity contribution is 0.216. The first-order valence-corrected chi connectivity index (χ1v) is 7.47. The van der Waals surface area contributed by atoms with Crippen molar-refractivity contribution in [2.75, 3.05) is 13.2 Å². The van der Waals surface area contributed by atoms with Crippen LogP contribution in [0.5, 0.6) is 0 Å². The molecule has 0 bridgehead atoms. The first-order chi connectivity index (χ1) is 8.43. The van der Waals surface area contributed by atoms with Crippen LogP contribution < -0.4 is 5.32 Å². The third-order valence-corrected chi connectivity index (χ3v) is 5.44. The Kier molecular flexibility index (Phi) is 3.77. The van der Waals surface area contributed by atoms with Crippen LogP contribution in [0.4, 0.5) is 0 Å². The second-order valence-corrected chi connectivity index (χ2v) is 7.02. The zero-order valence-electron chi connectivity index (χ0n) is 12.7. The number of hydrogen-bond donors (Lipinski definition) is 1. The zero-order chi connectivity index (χ0) is 13.4. The summed E-state index contributed by atoms with van der Waals surface area (Å²) in [6.45, 7) is 13.8. The quantitative estimate of drug-likeness (QED) is 0.804. The third-order valence-electron chi connectivity index (χ3n) is 5.44. The van der Waals surface area contributed by atoms with Crippen molar-refractivity contribution >= 4 is 0 Å². The van der Waals surface area contributed by atoms with Crippen molar-refractivity contribution in [1.29, 1.82) is 0 Å². The molecular formula is C16H29NO. The largest absolute Gasteiger partial charge is 0.501 e. The minimum Gasteiger partial charge on any atom is -0.501 e. The fourth-order valence-corrected chi connectivity index (χ4v) is 3.66. The highest BCUT2D eigenvalue weighted by atomic mass is 16.5. The Morgan fingerprint density at radius 2 is 2.00 bits per heavy atom. The summed E-state index contributed by atoms with van der Waals surface area (Å²) in [6, 6.07) is 0.509. The molecule has 0 aromatic heterocycles.